The molecule has 0 bridgehead atoms. The van der Waals surface area contributed by atoms with E-state index in [2.05, 4.69) is 64.3 Å². The quantitative estimate of drug-likeness (QED) is 0.442. The molecule has 0 aliphatic heterocycles. The predicted molar refractivity (Wildman–Crippen MR) is 74.2 cm³/mol. The molecule has 1 heteroatoms. The molecular formula is C14H24S. The Morgan fingerprint density at radius 3 is 2.20 bits per heavy atom. The fourth-order valence-electron chi connectivity index (χ4n) is 1.30. The summed E-state index contributed by atoms with van der Waals surface area (Å²) < 4.78 is 0. The van der Waals surface area contributed by atoms with E-state index in [4.69, 9.17) is 0 Å². The van der Waals surface area contributed by atoms with E-state index < -0.39 is 0 Å². The van der Waals surface area contributed by atoms with Gasteiger partial charge in [0, 0.05) is 4.91 Å². The third kappa shape index (κ3) is 7.49. The summed E-state index contributed by atoms with van der Waals surface area (Å²) in [7, 11) is 0. The monoisotopic (exact) mass is 224 g/mol. The Bertz CT molecular complexity index is 244. The number of hydrogen-bond acceptors (Lipinski definition) is 1. The average molecular weight is 224 g/mol. The fourth-order valence-corrected chi connectivity index (χ4v) is 1.76. The second kappa shape index (κ2) is 7.81. The van der Waals surface area contributed by atoms with Crippen molar-refractivity contribution in [3.8, 4) is 0 Å². The van der Waals surface area contributed by atoms with E-state index in [1.165, 1.54) is 4.91 Å². The molecule has 0 heterocycles. The Labute approximate surface area is 99.5 Å². The molecule has 0 aliphatic carbocycles. The standard InChI is InChI=1S/C14H24S/c1-6-8-11-14(3,4)12-9-10-13(7-2)15-5/h6-10H,11-12H2,1-5H3/b8-6-,10-9-,13-7+. The normalized spacial score (nSPS) is 14.3. The highest BCUT2D eigenvalue weighted by Crippen LogP contribution is 2.26. The van der Waals surface area contributed by atoms with Gasteiger partial charge in [0.2, 0.25) is 0 Å². The average Bonchev–Trinajstić information content (AvgIpc) is 2.22. The largest absolute Gasteiger partial charge is 0.130 e. The second-order valence-electron chi connectivity index (χ2n) is 4.44. The molecule has 0 atom stereocenters. The van der Waals surface area contributed by atoms with E-state index in [-0.39, 0.29) is 0 Å². The van der Waals surface area contributed by atoms with Gasteiger partial charge in [-0.2, -0.15) is 0 Å². The molecule has 0 amide bonds. The van der Waals surface area contributed by atoms with Crippen LogP contribution in [0.15, 0.2) is 35.3 Å². The molecule has 0 aromatic carbocycles. The Morgan fingerprint density at radius 2 is 1.73 bits per heavy atom. The summed E-state index contributed by atoms with van der Waals surface area (Å²) >= 11 is 1.80. The molecule has 0 saturated heterocycles. The smallest absolute Gasteiger partial charge is 0.00232 e. The van der Waals surface area contributed by atoms with Crippen LogP contribution in [0.25, 0.3) is 0 Å². The van der Waals surface area contributed by atoms with Gasteiger partial charge in [0.15, 0.2) is 0 Å². The lowest BCUT2D eigenvalue weighted by Crippen LogP contribution is -2.07. The van der Waals surface area contributed by atoms with Crippen LogP contribution in [0.1, 0.15) is 40.5 Å². The summed E-state index contributed by atoms with van der Waals surface area (Å²) in [5.74, 6) is 0. The molecule has 0 radical (unpaired) electrons. The molecule has 0 N–H and O–H groups in total. The van der Waals surface area contributed by atoms with Gasteiger partial charge < -0.3 is 0 Å². The Balaban J connectivity index is 4.12. The van der Waals surface area contributed by atoms with Gasteiger partial charge in [0.25, 0.3) is 0 Å². The van der Waals surface area contributed by atoms with Crippen LogP contribution in [0.5, 0.6) is 0 Å². The third-order valence-corrected chi connectivity index (χ3v) is 3.22. The van der Waals surface area contributed by atoms with E-state index in [0.29, 0.717) is 5.41 Å². The van der Waals surface area contributed by atoms with E-state index in [0.717, 1.165) is 12.8 Å². The van der Waals surface area contributed by atoms with Crippen molar-refractivity contribution in [1.29, 1.82) is 0 Å². The van der Waals surface area contributed by atoms with Crippen LogP contribution >= 0.6 is 11.8 Å². The first kappa shape index (κ1) is 14.6. The molecule has 86 valence electrons. The molecule has 0 saturated carbocycles. The van der Waals surface area contributed by atoms with Crippen LogP contribution in [0, 0.1) is 5.41 Å². The van der Waals surface area contributed by atoms with Crippen LogP contribution in [0.3, 0.4) is 0 Å². The van der Waals surface area contributed by atoms with E-state index in [1.807, 2.05) is 0 Å². The minimum Gasteiger partial charge on any atom is -0.130 e. The van der Waals surface area contributed by atoms with Crippen molar-refractivity contribution in [2.24, 2.45) is 5.41 Å². The zero-order chi connectivity index (χ0) is 11.7. The molecule has 0 aromatic heterocycles. The van der Waals surface area contributed by atoms with Crippen molar-refractivity contribution in [2.75, 3.05) is 6.26 Å². The summed E-state index contributed by atoms with van der Waals surface area (Å²) in [6, 6.07) is 0. The van der Waals surface area contributed by atoms with Crippen LogP contribution in [0.2, 0.25) is 0 Å². The van der Waals surface area contributed by atoms with Crippen molar-refractivity contribution in [1.82, 2.24) is 0 Å². The van der Waals surface area contributed by atoms with E-state index in [1.54, 1.807) is 11.8 Å². The van der Waals surface area contributed by atoms with E-state index in [9.17, 15) is 0 Å². The van der Waals surface area contributed by atoms with Crippen molar-refractivity contribution in [3.05, 3.63) is 35.3 Å². The predicted octanol–water partition coefficient (Wildman–Crippen LogP) is 5.19. The fraction of sp³-hybridized carbons (Fsp3) is 0.571. The van der Waals surface area contributed by atoms with Gasteiger partial charge in [0.1, 0.15) is 0 Å². The van der Waals surface area contributed by atoms with Crippen LogP contribution < -0.4 is 0 Å². The topological polar surface area (TPSA) is 0 Å². The summed E-state index contributed by atoms with van der Waals surface area (Å²) in [6.07, 6.45) is 15.4. The summed E-state index contributed by atoms with van der Waals surface area (Å²) in [5.41, 5.74) is 0.375. The zero-order valence-electron chi connectivity index (χ0n) is 10.7. The lowest BCUT2D eigenvalue weighted by atomic mass is 9.85. The van der Waals surface area contributed by atoms with E-state index >= 15 is 0 Å². The molecule has 0 aliphatic rings. The second-order valence-corrected chi connectivity index (χ2v) is 5.32. The Kier molecular flexibility index (Phi) is 7.59. The molecular weight excluding hydrogens is 200 g/mol. The highest BCUT2D eigenvalue weighted by Gasteiger charge is 2.13. The van der Waals surface area contributed by atoms with Crippen LogP contribution in [-0.2, 0) is 0 Å². The molecule has 0 rings (SSSR count). The van der Waals surface area contributed by atoms with Gasteiger partial charge in [-0.1, -0.05) is 44.2 Å². The maximum absolute atomic E-state index is 2.31. The summed E-state index contributed by atoms with van der Waals surface area (Å²) in [5, 5.41) is 0. The van der Waals surface area contributed by atoms with Crippen molar-refractivity contribution in [3.63, 3.8) is 0 Å². The summed E-state index contributed by atoms with van der Waals surface area (Å²) in [6.45, 7) is 8.79. The molecule has 15 heavy (non-hydrogen) atoms. The number of allylic oxidation sites excluding steroid dienone is 5. The van der Waals surface area contributed by atoms with Crippen molar-refractivity contribution >= 4 is 11.8 Å². The van der Waals surface area contributed by atoms with Gasteiger partial charge in [-0.15, -0.1) is 11.8 Å². The van der Waals surface area contributed by atoms with Gasteiger partial charge in [-0.25, -0.2) is 0 Å². The van der Waals surface area contributed by atoms with Gasteiger partial charge in [0.05, 0.1) is 0 Å². The zero-order valence-corrected chi connectivity index (χ0v) is 11.5. The number of rotatable bonds is 6. The summed E-state index contributed by atoms with van der Waals surface area (Å²) in [4.78, 5) is 1.34. The third-order valence-electron chi connectivity index (χ3n) is 2.38. The van der Waals surface area contributed by atoms with Crippen LogP contribution in [0.4, 0.5) is 0 Å². The first-order valence-corrected chi connectivity index (χ1v) is 6.76. The highest BCUT2D eigenvalue weighted by molar-refractivity contribution is 8.02. The van der Waals surface area contributed by atoms with Crippen LogP contribution in [-0.4, -0.2) is 6.26 Å². The van der Waals surface area contributed by atoms with Gasteiger partial charge in [-0.3, -0.25) is 0 Å². The maximum Gasteiger partial charge on any atom is 0.00232 e. The Morgan fingerprint density at radius 1 is 1.13 bits per heavy atom. The van der Waals surface area contributed by atoms with Gasteiger partial charge in [-0.05, 0) is 38.4 Å². The van der Waals surface area contributed by atoms with Gasteiger partial charge >= 0.3 is 0 Å². The first-order valence-electron chi connectivity index (χ1n) is 5.53. The number of hydrogen-bond donors (Lipinski definition) is 0. The van der Waals surface area contributed by atoms with Crippen molar-refractivity contribution in [2.45, 2.75) is 40.5 Å². The highest BCUT2D eigenvalue weighted by atomic mass is 32.2. The van der Waals surface area contributed by atoms with Crippen molar-refractivity contribution < 1.29 is 0 Å². The number of thioether (sulfide) groups is 1. The minimum absolute atomic E-state index is 0.375. The molecule has 0 unspecified atom stereocenters. The lowest BCUT2D eigenvalue weighted by molar-refractivity contribution is 0.377. The Hall–Kier alpha value is -0.430. The minimum atomic E-state index is 0.375. The SMILES string of the molecule is C/C=C\CC(C)(C)C/C=C\C(=C/C)SC. The molecule has 0 fully saturated rings. The molecule has 0 spiro atoms. The maximum atomic E-state index is 2.31. The lowest BCUT2D eigenvalue weighted by Gasteiger charge is -2.20. The molecule has 0 nitrogen and oxygen atoms in total. The molecule has 0 aromatic rings. The first-order chi connectivity index (χ1) is 7.05.